The Kier molecular flexibility index (Phi) is 7.81. The smallest absolute Gasteiger partial charge is 0.0495 e. The average Bonchev–Trinajstić information content (AvgIpc) is 2.29. The first-order valence-corrected chi connectivity index (χ1v) is 6.65. The van der Waals surface area contributed by atoms with E-state index in [0.717, 1.165) is 57.8 Å². The van der Waals surface area contributed by atoms with Gasteiger partial charge in [0.05, 0.1) is 0 Å². The molecule has 0 amide bonds. The lowest BCUT2D eigenvalue weighted by Gasteiger charge is -2.21. The molecule has 0 aromatic carbocycles. The molecule has 1 aliphatic heterocycles. The molecule has 1 N–H and O–H groups in total. The van der Waals surface area contributed by atoms with Gasteiger partial charge < -0.3 is 14.8 Å². The van der Waals surface area contributed by atoms with Gasteiger partial charge in [0, 0.05) is 26.4 Å². The van der Waals surface area contributed by atoms with E-state index in [9.17, 15) is 0 Å². The highest BCUT2D eigenvalue weighted by atomic mass is 16.5. The predicted octanol–water partition coefficient (Wildman–Crippen LogP) is 2.07. The lowest BCUT2D eigenvalue weighted by Crippen LogP contribution is -2.23. The molecule has 16 heavy (non-hydrogen) atoms. The molecule has 0 saturated carbocycles. The minimum absolute atomic E-state index is 0.734. The van der Waals surface area contributed by atoms with E-state index in [2.05, 4.69) is 19.2 Å². The van der Waals surface area contributed by atoms with Gasteiger partial charge in [0.15, 0.2) is 0 Å². The molecule has 0 unspecified atom stereocenters. The Hall–Kier alpha value is -0.120. The zero-order valence-electron chi connectivity index (χ0n) is 10.8. The van der Waals surface area contributed by atoms with E-state index in [4.69, 9.17) is 9.47 Å². The molecule has 1 rings (SSSR count). The van der Waals surface area contributed by atoms with Gasteiger partial charge in [0.25, 0.3) is 0 Å². The Morgan fingerprint density at radius 3 is 2.75 bits per heavy atom. The van der Waals surface area contributed by atoms with E-state index in [-0.39, 0.29) is 0 Å². The lowest BCUT2D eigenvalue weighted by atomic mass is 10.0. The van der Waals surface area contributed by atoms with Crippen molar-refractivity contribution >= 4 is 0 Å². The van der Waals surface area contributed by atoms with Crippen LogP contribution in [0.15, 0.2) is 0 Å². The minimum Gasteiger partial charge on any atom is -0.381 e. The zero-order chi connectivity index (χ0) is 11.6. The first-order valence-electron chi connectivity index (χ1n) is 6.65. The third kappa shape index (κ3) is 7.20. The maximum atomic E-state index is 5.68. The molecule has 0 bridgehead atoms. The topological polar surface area (TPSA) is 30.5 Å². The molecule has 0 aromatic heterocycles. The van der Waals surface area contributed by atoms with Gasteiger partial charge in [-0.15, -0.1) is 0 Å². The summed E-state index contributed by atoms with van der Waals surface area (Å²) < 4.78 is 11.0. The maximum absolute atomic E-state index is 5.68. The van der Waals surface area contributed by atoms with Crippen LogP contribution in [0.4, 0.5) is 0 Å². The fourth-order valence-electron chi connectivity index (χ4n) is 1.85. The van der Waals surface area contributed by atoms with E-state index in [0.29, 0.717) is 0 Å². The fraction of sp³-hybridized carbons (Fsp3) is 1.00. The van der Waals surface area contributed by atoms with E-state index in [1.807, 2.05) is 0 Å². The van der Waals surface area contributed by atoms with Crippen LogP contribution in [0.2, 0.25) is 0 Å². The molecule has 96 valence electrons. The summed E-state index contributed by atoms with van der Waals surface area (Å²) in [6, 6.07) is 0. The fourth-order valence-corrected chi connectivity index (χ4v) is 1.85. The molecule has 0 spiro atoms. The monoisotopic (exact) mass is 229 g/mol. The minimum atomic E-state index is 0.734. The van der Waals surface area contributed by atoms with E-state index >= 15 is 0 Å². The van der Waals surface area contributed by atoms with E-state index < -0.39 is 0 Å². The molecule has 0 radical (unpaired) electrons. The van der Waals surface area contributed by atoms with Crippen molar-refractivity contribution < 1.29 is 9.47 Å². The van der Waals surface area contributed by atoms with Crippen molar-refractivity contribution in [2.75, 3.05) is 39.5 Å². The number of nitrogens with one attached hydrogen (secondary N) is 1. The second-order valence-corrected chi connectivity index (χ2v) is 5.08. The molecule has 1 saturated heterocycles. The molecule has 0 aliphatic carbocycles. The Balaban J connectivity index is 1.80. The number of hydrogen-bond donors (Lipinski definition) is 1. The van der Waals surface area contributed by atoms with Crippen LogP contribution in [-0.2, 0) is 9.47 Å². The quantitative estimate of drug-likeness (QED) is 0.646. The first kappa shape index (κ1) is 13.9. The number of hydrogen-bond acceptors (Lipinski definition) is 3. The molecule has 1 heterocycles. The molecule has 3 heteroatoms. The van der Waals surface area contributed by atoms with Crippen LogP contribution < -0.4 is 5.32 Å². The normalized spacial score (nSPS) is 18.2. The number of ether oxygens (including phenoxy) is 2. The molecule has 0 aromatic rings. The third-order valence-electron chi connectivity index (χ3n) is 2.89. The average molecular weight is 229 g/mol. The van der Waals surface area contributed by atoms with Gasteiger partial charge in [-0.3, -0.25) is 0 Å². The summed E-state index contributed by atoms with van der Waals surface area (Å²) in [7, 11) is 0. The zero-order valence-corrected chi connectivity index (χ0v) is 10.8. The van der Waals surface area contributed by atoms with Crippen LogP contribution in [0.5, 0.6) is 0 Å². The van der Waals surface area contributed by atoms with Crippen LogP contribution in [0.1, 0.15) is 33.1 Å². The van der Waals surface area contributed by atoms with Crippen LogP contribution in [-0.4, -0.2) is 39.5 Å². The first-order chi connectivity index (χ1) is 7.79. The van der Waals surface area contributed by atoms with Crippen LogP contribution >= 0.6 is 0 Å². The summed E-state index contributed by atoms with van der Waals surface area (Å²) in [4.78, 5) is 0. The molecule has 1 aliphatic rings. The van der Waals surface area contributed by atoms with Crippen molar-refractivity contribution in [2.24, 2.45) is 11.8 Å². The van der Waals surface area contributed by atoms with E-state index in [1.54, 1.807) is 0 Å². The second kappa shape index (κ2) is 8.97. The Morgan fingerprint density at radius 1 is 1.31 bits per heavy atom. The van der Waals surface area contributed by atoms with Crippen molar-refractivity contribution in [1.29, 1.82) is 0 Å². The molecular weight excluding hydrogens is 202 g/mol. The van der Waals surface area contributed by atoms with Crippen LogP contribution in [0.25, 0.3) is 0 Å². The predicted molar refractivity (Wildman–Crippen MR) is 66.7 cm³/mol. The van der Waals surface area contributed by atoms with Gasteiger partial charge in [-0.2, -0.15) is 0 Å². The highest BCUT2D eigenvalue weighted by molar-refractivity contribution is 4.62. The molecule has 1 fully saturated rings. The Labute approximate surface area is 99.9 Å². The Bertz CT molecular complexity index is 156. The summed E-state index contributed by atoms with van der Waals surface area (Å²) >= 11 is 0. The van der Waals surface area contributed by atoms with Crippen molar-refractivity contribution in [2.45, 2.75) is 33.1 Å². The molecule has 0 atom stereocenters. The van der Waals surface area contributed by atoms with Crippen molar-refractivity contribution in [3.63, 3.8) is 0 Å². The SMILES string of the molecule is CC(C)CNCCCOCC1CCOCC1. The van der Waals surface area contributed by atoms with Crippen molar-refractivity contribution in [3.8, 4) is 0 Å². The van der Waals surface area contributed by atoms with Crippen molar-refractivity contribution in [3.05, 3.63) is 0 Å². The van der Waals surface area contributed by atoms with Gasteiger partial charge in [-0.05, 0) is 44.2 Å². The van der Waals surface area contributed by atoms with Crippen molar-refractivity contribution in [1.82, 2.24) is 5.32 Å². The van der Waals surface area contributed by atoms with Crippen LogP contribution in [0, 0.1) is 11.8 Å². The second-order valence-electron chi connectivity index (χ2n) is 5.08. The largest absolute Gasteiger partial charge is 0.381 e. The Morgan fingerprint density at radius 2 is 2.06 bits per heavy atom. The lowest BCUT2D eigenvalue weighted by molar-refractivity contribution is 0.0202. The molecular formula is C13H27NO2. The van der Waals surface area contributed by atoms with Gasteiger partial charge in [0.2, 0.25) is 0 Å². The summed E-state index contributed by atoms with van der Waals surface area (Å²) in [5.41, 5.74) is 0. The third-order valence-corrected chi connectivity index (χ3v) is 2.89. The molecule has 3 nitrogen and oxygen atoms in total. The van der Waals surface area contributed by atoms with E-state index in [1.165, 1.54) is 12.8 Å². The summed E-state index contributed by atoms with van der Waals surface area (Å²) in [6.45, 7) is 10.3. The number of rotatable bonds is 8. The van der Waals surface area contributed by atoms with Crippen LogP contribution in [0.3, 0.4) is 0 Å². The summed E-state index contributed by atoms with van der Waals surface area (Å²) in [5.74, 6) is 1.47. The standard InChI is InChI=1S/C13H27NO2/c1-12(2)10-14-6-3-7-16-11-13-4-8-15-9-5-13/h12-14H,3-11H2,1-2H3. The maximum Gasteiger partial charge on any atom is 0.0495 e. The highest BCUT2D eigenvalue weighted by Gasteiger charge is 2.13. The summed E-state index contributed by atoms with van der Waals surface area (Å²) in [5, 5.41) is 3.42. The summed E-state index contributed by atoms with van der Waals surface area (Å²) in [6.07, 6.45) is 3.47. The van der Waals surface area contributed by atoms with Gasteiger partial charge in [-0.25, -0.2) is 0 Å². The highest BCUT2D eigenvalue weighted by Crippen LogP contribution is 2.14. The van der Waals surface area contributed by atoms with Gasteiger partial charge in [0.1, 0.15) is 0 Å². The van der Waals surface area contributed by atoms with Gasteiger partial charge in [-0.1, -0.05) is 13.8 Å². The van der Waals surface area contributed by atoms with Gasteiger partial charge >= 0.3 is 0 Å².